The number of Topliss-reactive ketones (excluding diaryl/α,β-unsaturated/α-hetero) is 1. The van der Waals surface area contributed by atoms with E-state index in [1.165, 1.54) is 0 Å². The molecule has 0 bridgehead atoms. The minimum atomic E-state index is -1.93. The Bertz CT molecular complexity index is 358. The van der Waals surface area contributed by atoms with Gasteiger partial charge in [-0.3, -0.25) is 4.79 Å². The van der Waals surface area contributed by atoms with Crippen LogP contribution in [0, 0.1) is 0 Å². The summed E-state index contributed by atoms with van der Waals surface area (Å²) in [6.07, 6.45) is 0. The van der Waals surface area contributed by atoms with Crippen molar-refractivity contribution in [2.24, 2.45) is 0 Å². The van der Waals surface area contributed by atoms with E-state index in [-0.39, 0.29) is 0 Å². The van der Waals surface area contributed by atoms with E-state index < -0.39 is 9.58 Å². The molecule has 0 aliphatic rings. The lowest BCUT2D eigenvalue weighted by atomic mass is 10.1. The third kappa shape index (κ3) is 3.56. The van der Waals surface area contributed by atoms with Gasteiger partial charge in [-0.05, 0) is 19.1 Å². The van der Waals surface area contributed by atoms with E-state index in [1.54, 1.807) is 24.3 Å². The number of ketones is 1. The summed E-state index contributed by atoms with van der Waals surface area (Å²) in [6.45, 7) is 2.37. The van der Waals surface area contributed by atoms with Crippen LogP contribution >= 0.6 is 34.8 Å². The summed E-state index contributed by atoms with van der Waals surface area (Å²) >= 11 is 16.5. The lowest BCUT2D eigenvalue weighted by Gasteiger charge is -2.10. The van der Waals surface area contributed by atoms with Crippen LogP contribution in [0.25, 0.3) is 0 Å². The minimum absolute atomic E-state index is 0.320. The van der Waals surface area contributed by atoms with Gasteiger partial charge in [0.25, 0.3) is 3.79 Å². The first-order valence-corrected chi connectivity index (χ1v) is 5.43. The Morgan fingerprint density at radius 1 is 1.40 bits per heavy atom. The maximum absolute atomic E-state index is 11.6. The largest absolute Gasteiger partial charge is 0.494 e. The molecule has 0 aromatic heterocycles. The number of halogens is 3. The molecule has 0 radical (unpaired) electrons. The standard InChI is InChI=1S/C10H9Cl3O2/c1-2-15-8-5-3-4-7(6-8)9(14)10(11,12)13/h3-6H,2H2,1H3. The van der Waals surface area contributed by atoms with E-state index in [4.69, 9.17) is 39.5 Å². The molecular weight excluding hydrogens is 258 g/mol. The number of carbonyl (C=O) groups is 1. The summed E-state index contributed by atoms with van der Waals surface area (Å²) in [6, 6.07) is 6.54. The molecule has 0 heterocycles. The van der Waals surface area contributed by atoms with Crippen LogP contribution in [0.4, 0.5) is 0 Å². The number of hydrogen-bond donors (Lipinski definition) is 0. The number of ether oxygens (including phenoxy) is 1. The van der Waals surface area contributed by atoms with E-state index in [0.717, 1.165) is 0 Å². The molecule has 0 aliphatic carbocycles. The number of carbonyl (C=O) groups excluding carboxylic acids is 1. The van der Waals surface area contributed by atoms with Gasteiger partial charge in [0.15, 0.2) is 0 Å². The molecule has 2 nitrogen and oxygen atoms in total. The smallest absolute Gasteiger partial charge is 0.253 e. The predicted octanol–water partition coefficient (Wildman–Crippen LogP) is 3.64. The van der Waals surface area contributed by atoms with E-state index >= 15 is 0 Å². The maximum atomic E-state index is 11.6. The van der Waals surface area contributed by atoms with Gasteiger partial charge in [-0.25, -0.2) is 0 Å². The summed E-state index contributed by atoms with van der Waals surface area (Å²) in [5.41, 5.74) is 0.320. The van der Waals surface area contributed by atoms with Gasteiger partial charge in [0.1, 0.15) is 5.75 Å². The second-order valence-electron chi connectivity index (χ2n) is 2.79. The van der Waals surface area contributed by atoms with Crippen molar-refractivity contribution in [3.63, 3.8) is 0 Å². The Balaban J connectivity index is 2.95. The van der Waals surface area contributed by atoms with E-state index in [0.29, 0.717) is 17.9 Å². The Morgan fingerprint density at radius 3 is 2.60 bits per heavy atom. The van der Waals surface area contributed by atoms with Crippen LogP contribution in [0.2, 0.25) is 0 Å². The molecular formula is C10H9Cl3O2. The molecule has 1 aromatic rings. The van der Waals surface area contributed by atoms with Crippen molar-refractivity contribution in [1.82, 2.24) is 0 Å². The van der Waals surface area contributed by atoms with Crippen LogP contribution in [-0.4, -0.2) is 16.2 Å². The fraction of sp³-hybridized carbons (Fsp3) is 0.300. The first kappa shape index (κ1) is 12.6. The quantitative estimate of drug-likeness (QED) is 0.617. The Kier molecular flexibility index (Phi) is 4.26. The molecule has 0 fully saturated rings. The average Bonchev–Trinajstić information content (AvgIpc) is 2.16. The molecule has 0 N–H and O–H groups in total. The van der Waals surface area contributed by atoms with E-state index in [2.05, 4.69) is 0 Å². The van der Waals surface area contributed by atoms with Gasteiger partial charge >= 0.3 is 0 Å². The zero-order valence-electron chi connectivity index (χ0n) is 7.97. The van der Waals surface area contributed by atoms with E-state index in [9.17, 15) is 4.79 Å². The van der Waals surface area contributed by atoms with E-state index in [1.807, 2.05) is 6.92 Å². The zero-order valence-corrected chi connectivity index (χ0v) is 10.2. The highest BCUT2D eigenvalue weighted by atomic mass is 35.6. The molecule has 1 aromatic carbocycles. The van der Waals surface area contributed by atoms with Crippen LogP contribution < -0.4 is 4.74 Å². The topological polar surface area (TPSA) is 26.3 Å². The van der Waals surface area contributed by atoms with Crippen molar-refractivity contribution in [3.8, 4) is 5.75 Å². The summed E-state index contributed by atoms with van der Waals surface area (Å²) in [4.78, 5) is 11.6. The van der Waals surface area contributed by atoms with Crippen molar-refractivity contribution >= 4 is 40.6 Å². The molecule has 5 heteroatoms. The average molecular weight is 268 g/mol. The lowest BCUT2D eigenvalue weighted by molar-refractivity contribution is 0.0996. The van der Waals surface area contributed by atoms with Crippen LogP contribution in [0.15, 0.2) is 24.3 Å². The summed E-state index contributed by atoms with van der Waals surface area (Å²) in [5, 5.41) is 0. The molecule has 0 unspecified atom stereocenters. The number of alkyl halides is 3. The lowest BCUT2D eigenvalue weighted by Crippen LogP contribution is -2.18. The fourth-order valence-electron chi connectivity index (χ4n) is 1.06. The molecule has 1 rings (SSSR count). The molecule has 0 amide bonds. The van der Waals surface area contributed by atoms with Crippen molar-refractivity contribution in [2.75, 3.05) is 6.61 Å². The van der Waals surface area contributed by atoms with Crippen LogP contribution in [0.3, 0.4) is 0 Å². The first-order valence-electron chi connectivity index (χ1n) is 4.29. The number of benzene rings is 1. The van der Waals surface area contributed by atoms with Gasteiger partial charge in [-0.1, -0.05) is 46.9 Å². The second-order valence-corrected chi connectivity index (χ2v) is 5.07. The Labute approximate surface area is 103 Å². The third-order valence-corrected chi connectivity index (χ3v) is 2.18. The van der Waals surface area contributed by atoms with Crippen molar-refractivity contribution in [2.45, 2.75) is 10.7 Å². The monoisotopic (exact) mass is 266 g/mol. The van der Waals surface area contributed by atoms with Crippen molar-refractivity contribution in [1.29, 1.82) is 0 Å². The molecule has 0 saturated carbocycles. The number of hydrogen-bond acceptors (Lipinski definition) is 2. The molecule has 0 spiro atoms. The van der Waals surface area contributed by atoms with Crippen LogP contribution in [0.5, 0.6) is 5.75 Å². The molecule has 15 heavy (non-hydrogen) atoms. The minimum Gasteiger partial charge on any atom is -0.494 e. The molecule has 0 atom stereocenters. The summed E-state index contributed by atoms with van der Waals surface area (Å²) in [7, 11) is 0. The third-order valence-electron chi connectivity index (χ3n) is 1.66. The summed E-state index contributed by atoms with van der Waals surface area (Å²) in [5.74, 6) is 0.0200. The maximum Gasteiger partial charge on any atom is 0.253 e. The SMILES string of the molecule is CCOc1cccc(C(=O)C(Cl)(Cl)Cl)c1. The molecule has 82 valence electrons. The normalized spacial score (nSPS) is 11.2. The predicted molar refractivity (Wildman–Crippen MR) is 62.2 cm³/mol. The van der Waals surface area contributed by atoms with Gasteiger partial charge in [0, 0.05) is 5.56 Å². The molecule has 0 aliphatic heterocycles. The zero-order chi connectivity index (χ0) is 11.5. The second kappa shape index (κ2) is 5.06. The van der Waals surface area contributed by atoms with Gasteiger partial charge < -0.3 is 4.74 Å². The highest BCUT2D eigenvalue weighted by Crippen LogP contribution is 2.31. The van der Waals surface area contributed by atoms with Crippen LogP contribution in [-0.2, 0) is 0 Å². The highest BCUT2D eigenvalue weighted by Gasteiger charge is 2.31. The van der Waals surface area contributed by atoms with Crippen molar-refractivity contribution in [3.05, 3.63) is 29.8 Å². The van der Waals surface area contributed by atoms with Gasteiger partial charge in [-0.15, -0.1) is 0 Å². The fourth-order valence-corrected chi connectivity index (χ4v) is 1.38. The number of rotatable bonds is 3. The first-order chi connectivity index (χ1) is 6.95. The van der Waals surface area contributed by atoms with Crippen LogP contribution in [0.1, 0.15) is 17.3 Å². The summed E-state index contributed by atoms with van der Waals surface area (Å²) < 4.78 is 3.30. The molecule has 0 saturated heterocycles. The van der Waals surface area contributed by atoms with Gasteiger partial charge in [-0.2, -0.15) is 0 Å². The highest BCUT2D eigenvalue weighted by molar-refractivity contribution is 6.77. The van der Waals surface area contributed by atoms with Gasteiger partial charge in [0.05, 0.1) is 6.61 Å². The Morgan fingerprint density at radius 2 is 2.07 bits per heavy atom. The van der Waals surface area contributed by atoms with Crippen molar-refractivity contribution < 1.29 is 9.53 Å². The Hall–Kier alpha value is -0.440. The van der Waals surface area contributed by atoms with Gasteiger partial charge in [0.2, 0.25) is 5.78 Å².